The number of rotatable bonds is 8. The summed E-state index contributed by atoms with van der Waals surface area (Å²) in [4.78, 5) is 27.3. The zero-order valence-corrected chi connectivity index (χ0v) is 24.7. The fourth-order valence-electron chi connectivity index (χ4n) is 5.52. The van der Waals surface area contributed by atoms with E-state index in [1.807, 2.05) is 0 Å². The quantitative estimate of drug-likeness (QED) is 0.347. The van der Waals surface area contributed by atoms with E-state index in [2.05, 4.69) is 35.6 Å². The molecular weight excluding hydrogens is 527 g/mol. The number of anilines is 2. The van der Waals surface area contributed by atoms with Gasteiger partial charge in [0.05, 0.1) is 0 Å². The summed E-state index contributed by atoms with van der Waals surface area (Å²) in [5.74, 6) is -0.0613. The van der Waals surface area contributed by atoms with Crippen molar-refractivity contribution in [1.82, 2.24) is 4.90 Å². The molecule has 0 radical (unpaired) electrons. The van der Waals surface area contributed by atoms with Crippen molar-refractivity contribution in [3.63, 3.8) is 0 Å². The third-order valence-electron chi connectivity index (χ3n) is 7.32. The van der Waals surface area contributed by atoms with Crippen LogP contribution in [-0.4, -0.2) is 60.5 Å². The van der Waals surface area contributed by atoms with Crippen molar-refractivity contribution in [2.24, 2.45) is 16.1 Å². The van der Waals surface area contributed by atoms with Gasteiger partial charge in [-0.15, -0.1) is 0 Å². The van der Waals surface area contributed by atoms with Gasteiger partial charge in [-0.1, -0.05) is 0 Å². The van der Waals surface area contributed by atoms with E-state index < -0.39 is 23.9 Å². The first kappa shape index (κ1) is 28.8. The predicted octanol–water partition coefficient (Wildman–Crippen LogP) is 4.07. The minimum atomic E-state index is -4.01. The van der Waals surface area contributed by atoms with Crippen molar-refractivity contribution in [2.75, 3.05) is 29.4 Å². The molecule has 10 nitrogen and oxygen atoms in total. The van der Waals surface area contributed by atoms with E-state index in [-0.39, 0.29) is 46.7 Å². The number of aliphatic hydroxyl groups excluding tert-OH is 1. The first-order valence-electron chi connectivity index (χ1n) is 13.3. The Bertz CT molecular complexity index is 1250. The molecule has 1 aromatic rings. The second kappa shape index (κ2) is 10.8. The summed E-state index contributed by atoms with van der Waals surface area (Å²) < 4.78 is 36.2. The molecule has 2 heterocycles. The summed E-state index contributed by atoms with van der Waals surface area (Å²) in [5, 5.41) is 15.0. The Morgan fingerprint density at radius 2 is 1.92 bits per heavy atom. The standard InChI is InChI=1S/C26H41N4O6PS/c1-6-36-37(33)20-16-18(29-38(5,34)35)12-13-19(20)27-24(28-37)21-23(31)22(17-10-8-7-9-11-17)30(25(21)32)15-14-26(2,3)4/h12-13,16-17,22,29,31,33,37H,6-11,14-15H2,1-5H3,(H,27,28)/t22-/m0/s1. The molecule has 1 aliphatic carbocycles. The molecule has 0 aromatic heterocycles. The van der Waals surface area contributed by atoms with Gasteiger partial charge >= 0.3 is 226 Å². The van der Waals surface area contributed by atoms with Crippen molar-refractivity contribution >= 4 is 46.3 Å². The molecule has 1 saturated carbocycles. The molecule has 1 atom stereocenters. The summed E-state index contributed by atoms with van der Waals surface area (Å²) >= 11 is 0. The van der Waals surface area contributed by atoms with Crippen LogP contribution in [0.25, 0.3) is 0 Å². The number of hydrogen-bond acceptors (Lipinski definition) is 8. The molecule has 3 aliphatic rings. The number of carbonyl (C=O) groups excluding carboxylic acids is 1. The van der Waals surface area contributed by atoms with Gasteiger partial charge in [-0.05, 0) is 0 Å². The second-order valence-corrected chi connectivity index (χ2v) is 15.7. The van der Waals surface area contributed by atoms with Crippen molar-refractivity contribution in [2.45, 2.75) is 72.3 Å². The van der Waals surface area contributed by atoms with Crippen LogP contribution < -0.4 is 15.3 Å². The zero-order valence-electron chi connectivity index (χ0n) is 22.9. The van der Waals surface area contributed by atoms with E-state index in [4.69, 9.17) is 4.52 Å². The van der Waals surface area contributed by atoms with E-state index in [0.29, 0.717) is 17.5 Å². The third kappa shape index (κ3) is 6.17. The van der Waals surface area contributed by atoms with Gasteiger partial charge in [-0.2, -0.15) is 0 Å². The predicted molar refractivity (Wildman–Crippen MR) is 154 cm³/mol. The molecule has 12 heteroatoms. The van der Waals surface area contributed by atoms with Crippen LogP contribution in [0.3, 0.4) is 0 Å². The number of aliphatic hydroxyl groups is 1. The Kier molecular flexibility index (Phi) is 8.15. The SMILES string of the molecule is CCO[PH]1(O)N=C(C2=C(O)[C@H](C3CCCCC3)N(CCC(C)(C)C)C2=O)Nc2ccc(NS(C)(=O)=O)cc21. The van der Waals surface area contributed by atoms with E-state index in [1.165, 1.54) is 6.07 Å². The molecule has 0 spiro atoms. The number of nitrogens with zero attached hydrogens (tertiary/aromatic N) is 2. The molecule has 2 aliphatic heterocycles. The molecule has 1 aromatic carbocycles. The summed E-state index contributed by atoms with van der Waals surface area (Å²) in [6, 6.07) is 4.24. The second-order valence-electron chi connectivity index (χ2n) is 11.7. The molecule has 0 saturated heterocycles. The van der Waals surface area contributed by atoms with Crippen LogP contribution in [-0.2, 0) is 19.3 Å². The van der Waals surface area contributed by atoms with Crippen LogP contribution in [0, 0.1) is 11.3 Å². The van der Waals surface area contributed by atoms with Crippen molar-refractivity contribution < 1.29 is 27.7 Å². The zero-order chi connectivity index (χ0) is 27.9. The van der Waals surface area contributed by atoms with Crippen molar-refractivity contribution in [1.29, 1.82) is 0 Å². The van der Waals surface area contributed by atoms with E-state index in [0.717, 1.165) is 44.8 Å². The van der Waals surface area contributed by atoms with Gasteiger partial charge in [0.2, 0.25) is 0 Å². The Morgan fingerprint density at radius 1 is 1.24 bits per heavy atom. The molecule has 1 fully saturated rings. The van der Waals surface area contributed by atoms with Gasteiger partial charge in [0.25, 0.3) is 0 Å². The average molecular weight is 569 g/mol. The number of carbonyl (C=O) groups is 1. The normalized spacial score (nSPS) is 23.1. The number of amides is 1. The van der Waals surface area contributed by atoms with Gasteiger partial charge in [-0.3, -0.25) is 0 Å². The van der Waals surface area contributed by atoms with Gasteiger partial charge in [-0.25, -0.2) is 0 Å². The van der Waals surface area contributed by atoms with Gasteiger partial charge < -0.3 is 0 Å². The van der Waals surface area contributed by atoms with Gasteiger partial charge in [0.15, 0.2) is 0 Å². The minimum absolute atomic E-state index is 0.00581. The van der Waals surface area contributed by atoms with Crippen LogP contribution in [0.1, 0.15) is 66.2 Å². The Hall–Kier alpha value is -2.20. The van der Waals surface area contributed by atoms with E-state index in [1.54, 1.807) is 24.0 Å². The monoisotopic (exact) mass is 568 g/mol. The Balaban J connectivity index is 1.75. The van der Waals surface area contributed by atoms with Crippen LogP contribution in [0.4, 0.5) is 11.4 Å². The first-order chi connectivity index (χ1) is 17.7. The molecule has 38 heavy (non-hydrogen) atoms. The fourth-order valence-corrected chi connectivity index (χ4v) is 8.13. The van der Waals surface area contributed by atoms with Crippen molar-refractivity contribution in [3.05, 3.63) is 29.5 Å². The molecular formula is C26H41N4O6PS. The van der Waals surface area contributed by atoms with Crippen LogP contribution >= 0.6 is 7.87 Å². The molecule has 212 valence electrons. The Labute approximate surface area is 226 Å². The number of benzene rings is 1. The number of nitrogens with one attached hydrogen (secondary N) is 2. The molecule has 4 rings (SSSR count). The topological polar surface area (TPSA) is 141 Å². The molecule has 4 N–H and O–H groups in total. The van der Waals surface area contributed by atoms with Crippen LogP contribution in [0.15, 0.2) is 34.3 Å². The maximum atomic E-state index is 13.9. The summed E-state index contributed by atoms with van der Waals surface area (Å²) in [7, 11) is -7.55. The van der Waals surface area contributed by atoms with Crippen molar-refractivity contribution in [3.8, 4) is 0 Å². The molecule has 0 bridgehead atoms. The third-order valence-corrected chi connectivity index (χ3v) is 10.3. The first-order valence-corrected chi connectivity index (χ1v) is 17.0. The van der Waals surface area contributed by atoms with E-state index in [9.17, 15) is 23.2 Å². The number of hydrogen-bond donors (Lipinski definition) is 4. The maximum absolute atomic E-state index is 13.9. The molecule has 0 unspecified atom stereocenters. The number of sulfonamides is 1. The summed E-state index contributed by atoms with van der Waals surface area (Å²) in [6.07, 6.45) is 7.00. The van der Waals surface area contributed by atoms with Gasteiger partial charge in [0.1, 0.15) is 0 Å². The molecule has 1 amide bonds. The summed E-state index contributed by atoms with van der Waals surface area (Å²) in [5.41, 5.74) is 0.799. The fraction of sp³-hybridized carbons (Fsp3) is 0.615. The van der Waals surface area contributed by atoms with Gasteiger partial charge in [0, 0.05) is 0 Å². The van der Waals surface area contributed by atoms with E-state index >= 15 is 0 Å². The average Bonchev–Trinajstić information content (AvgIpc) is 3.06. The van der Waals surface area contributed by atoms with Crippen LogP contribution in [0.5, 0.6) is 0 Å². The van der Waals surface area contributed by atoms with Crippen LogP contribution in [0.2, 0.25) is 0 Å². The Morgan fingerprint density at radius 3 is 2.53 bits per heavy atom. The summed E-state index contributed by atoms with van der Waals surface area (Å²) in [6.45, 7) is 8.77. The number of amidine groups is 1. The number of fused-ring (bicyclic) bond motifs is 1.